The number of nitrogens with zero attached hydrogens (tertiary/aromatic N) is 4. The van der Waals surface area contributed by atoms with Crippen molar-refractivity contribution in [3.8, 4) is 6.07 Å². The normalized spacial score (nSPS) is 14.5. The summed E-state index contributed by atoms with van der Waals surface area (Å²) in [6.45, 7) is 9.07. The average Bonchev–Trinajstić information content (AvgIpc) is 3.24. The van der Waals surface area contributed by atoms with Crippen molar-refractivity contribution in [2.75, 3.05) is 44.3 Å². The van der Waals surface area contributed by atoms with Crippen molar-refractivity contribution in [1.82, 2.24) is 9.88 Å². The smallest absolute Gasteiger partial charge is 0.260 e. The van der Waals surface area contributed by atoms with Crippen LogP contribution in [-0.2, 0) is 4.74 Å². The molecule has 1 amide bonds. The summed E-state index contributed by atoms with van der Waals surface area (Å²) in [5.41, 5.74) is 4.42. The van der Waals surface area contributed by atoms with Gasteiger partial charge in [-0.15, -0.1) is 0 Å². The number of aryl methyl sites for hydroxylation is 2. The summed E-state index contributed by atoms with van der Waals surface area (Å²) in [6.07, 6.45) is 0.857. The lowest BCUT2D eigenvalue weighted by Crippen LogP contribution is -2.39. The van der Waals surface area contributed by atoms with E-state index in [2.05, 4.69) is 36.9 Å². The van der Waals surface area contributed by atoms with Crippen LogP contribution < -0.4 is 4.90 Å². The van der Waals surface area contributed by atoms with E-state index >= 15 is 0 Å². The third kappa shape index (κ3) is 4.77. The molecule has 1 aliphatic rings. The first-order chi connectivity index (χ1) is 15.1. The van der Waals surface area contributed by atoms with Gasteiger partial charge in [0.2, 0.25) is 0 Å². The molecule has 1 saturated heterocycles. The molecule has 0 atom stereocenters. The van der Waals surface area contributed by atoms with E-state index in [1.54, 1.807) is 40.5 Å². The number of anilines is 1. The van der Waals surface area contributed by atoms with Crippen molar-refractivity contribution >= 4 is 32.6 Å². The number of hydrogen-bond acceptors (Lipinski definition) is 6. The van der Waals surface area contributed by atoms with E-state index in [-0.39, 0.29) is 5.91 Å². The van der Waals surface area contributed by atoms with Gasteiger partial charge in [0.25, 0.3) is 5.91 Å². The lowest BCUT2D eigenvalue weighted by molar-refractivity contribution is 0.0376. The second-order valence-corrected chi connectivity index (χ2v) is 8.81. The molecule has 1 aromatic heterocycles. The van der Waals surface area contributed by atoms with Gasteiger partial charge in [-0.05, 0) is 61.7 Å². The van der Waals surface area contributed by atoms with Gasteiger partial charge >= 0.3 is 0 Å². The molecule has 0 saturated carbocycles. The number of hydrogen-bond donors (Lipinski definition) is 0. The zero-order valence-electron chi connectivity index (χ0n) is 17.9. The largest absolute Gasteiger partial charge is 0.379 e. The maximum Gasteiger partial charge on any atom is 0.260 e. The molecule has 2 aromatic carbocycles. The molecule has 31 heavy (non-hydrogen) atoms. The molecule has 2 heterocycles. The van der Waals surface area contributed by atoms with Gasteiger partial charge in [-0.2, -0.15) is 5.26 Å². The third-order valence-electron chi connectivity index (χ3n) is 5.77. The Kier molecular flexibility index (Phi) is 6.62. The number of nitriles is 1. The molecule has 1 aliphatic heterocycles. The summed E-state index contributed by atoms with van der Waals surface area (Å²) < 4.78 is 6.52. The van der Waals surface area contributed by atoms with E-state index in [0.717, 1.165) is 60.2 Å². The lowest BCUT2D eigenvalue weighted by Gasteiger charge is -2.27. The van der Waals surface area contributed by atoms with Crippen LogP contribution in [0.25, 0.3) is 10.2 Å². The van der Waals surface area contributed by atoms with Crippen molar-refractivity contribution in [2.45, 2.75) is 20.3 Å². The number of rotatable bonds is 6. The number of morpholine rings is 1. The van der Waals surface area contributed by atoms with Crippen molar-refractivity contribution in [1.29, 1.82) is 5.26 Å². The fraction of sp³-hybridized carbons (Fsp3) is 0.375. The van der Waals surface area contributed by atoms with Crippen LogP contribution in [0.4, 0.5) is 5.13 Å². The van der Waals surface area contributed by atoms with Gasteiger partial charge in [0.05, 0.1) is 35.1 Å². The van der Waals surface area contributed by atoms with E-state index in [4.69, 9.17) is 15.0 Å². The highest BCUT2D eigenvalue weighted by Crippen LogP contribution is 2.32. The lowest BCUT2D eigenvalue weighted by atomic mass is 10.1. The predicted octanol–water partition coefficient (Wildman–Crippen LogP) is 4.15. The molecule has 6 nitrogen and oxygen atoms in total. The standard InChI is InChI=1S/C24H26N4O2S/c1-17-4-9-21-22(18(17)2)26-24(31-21)28(11-3-10-27-12-14-30-15-13-27)23(29)20-7-5-19(16-25)6-8-20/h4-9H,3,10-15H2,1-2H3. The van der Waals surface area contributed by atoms with Gasteiger partial charge in [0.1, 0.15) is 0 Å². The van der Waals surface area contributed by atoms with E-state index < -0.39 is 0 Å². The van der Waals surface area contributed by atoms with Gasteiger partial charge < -0.3 is 4.74 Å². The number of aromatic nitrogens is 1. The first kappa shape index (κ1) is 21.4. The molecule has 0 spiro atoms. The molecule has 3 aromatic rings. The van der Waals surface area contributed by atoms with Crippen LogP contribution >= 0.6 is 11.3 Å². The zero-order valence-corrected chi connectivity index (χ0v) is 18.7. The maximum absolute atomic E-state index is 13.4. The Morgan fingerprint density at radius 3 is 2.65 bits per heavy atom. The number of amides is 1. The molecular formula is C24H26N4O2S. The second kappa shape index (κ2) is 9.56. The van der Waals surface area contributed by atoms with E-state index in [0.29, 0.717) is 17.7 Å². The highest BCUT2D eigenvalue weighted by Gasteiger charge is 2.22. The van der Waals surface area contributed by atoms with E-state index in [1.807, 2.05) is 0 Å². The van der Waals surface area contributed by atoms with Crippen molar-refractivity contribution in [3.05, 3.63) is 58.7 Å². The zero-order chi connectivity index (χ0) is 21.8. The van der Waals surface area contributed by atoms with Crippen LogP contribution in [0.1, 0.15) is 33.5 Å². The number of benzene rings is 2. The van der Waals surface area contributed by atoms with E-state index in [9.17, 15) is 4.79 Å². The topological polar surface area (TPSA) is 69.5 Å². The molecule has 160 valence electrons. The average molecular weight is 435 g/mol. The quantitative estimate of drug-likeness (QED) is 0.583. The predicted molar refractivity (Wildman–Crippen MR) is 124 cm³/mol. The number of fused-ring (bicyclic) bond motifs is 1. The number of carbonyl (C=O) groups is 1. The van der Waals surface area contributed by atoms with Crippen LogP contribution in [-0.4, -0.2) is 55.2 Å². The Labute approximate surface area is 186 Å². The Morgan fingerprint density at radius 2 is 1.94 bits per heavy atom. The fourth-order valence-electron chi connectivity index (χ4n) is 3.73. The molecule has 4 rings (SSSR count). The Balaban J connectivity index is 1.60. The first-order valence-electron chi connectivity index (χ1n) is 10.6. The van der Waals surface area contributed by atoms with Gasteiger partial charge in [-0.25, -0.2) is 4.98 Å². The SMILES string of the molecule is Cc1ccc2sc(N(CCCN3CCOCC3)C(=O)c3ccc(C#N)cc3)nc2c1C. The molecule has 0 bridgehead atoms. The van der Waals surface area contributed by atoms with Gasteiger partial charge in [-0.3, -0.25) is 14.6 Å². The minimum absolute atomic E-state index is 0.0834. The molecule has 0 aliphatic carbocycles. The van der Waals surface area contributed by atoms with E-state index in [1.165, 1.54) is 5.56 Å². The van der Waals surface area contributed by atoms with Gasteiger partial charge in [-0.1, -0.05) is 17.4 Å². The molecule has 0 unspecified atom stereocenters. The number of thiazole rings is 1. The number of carbonyl (C=O) groups excluding carboxylic acids is 1. The maximum atomic E-state index is 13.4. The van der Waals surface area contributed by atoms with Crippen LogP contribution in [0.5, 0.6) is 0 Å². The van der Waals surface area contributed by atoms with Crippen molar-refractivity contribution in [3.63, 3.8) is 0 Å². The van der Waals surface area contributed by atoms with Crippen LogP contribution in [0.15, 0.2) is 36.4 Å². The van der Waals surface area contributed by atoms with Crippen LogP contribution in [0.3, 0.4) is 0 Å². The first-order valence-corrected chi connectivity index (χ1v) is 11.4. The summed E-state index contributed by atoms with van der Waals surface area (Å²) in [5.74, 6) is -0.0834. The Hall–Kier alpha value is -2.79. The molecule has 0 radical (unpaired) electrons. The second-order valence-electron chi connectivity index (χ2n) is 7.80. The minimum Gasteiger partial charge on any atom is -0.379 e. The summed E-state index contributed by atoms with van der Waals surface area (Å²) in [4.78, 5) is 22.5. The fourth-order valence-corrected chi connectivity index (χ4v) is 4.78. The summed E-state index contributed by atoms with van der Waals surface area (Å²) in [7, 11) is 0. The van der Waals surface area contributed by atoms with Gasteiger partial charge in [0, 0.05) is 31.7 Å². The summed E-state index contributed by atoms with van der Waals surface area (Å²) >= 11 is 1.55. The molecular weight excluding hydrogens is 408 g/mol. The third-order valence-corrected chi connectivity index (χ3v) is 6.81. The molecule has 1 fully saturated rings. The molecule has 0 N–H and O–H groups in total. The molecule has 7 heteroatoms. The minimum atomic E-state index is -0.0834. The highest BCUT2D eigenvalue weighted by atomic mass is 32.1. The summed E-state index contributed by atoms with van der Waals surface area (Å²) in [6, 6.07) is 13.1. The number of ether oxygens (including phenoxy) is 1. The highest BCUT2D eigenvalue weighted by molar-refractivity contribution is 7.22. The van der Waals surface area contributed by atoms with Crippen molar-refractivity contribution in [2.24, 2.45) is 0 Å². The monoisotopic (exact) mass is 434 g/mol. The summed E-state index contributed by atoms with van der Waals surface area (Å²) in [5, 5.41) is 9.78. The van der Waals surface area contributed by atoms with Gasteiger partial charge in [0.15, 0.2) is 5.13 Å². The Bertz CT molecular complexity index is 1110. The Morgan fingerprint density at radius 1 is 1.19 bits per heavy atom. The van der Waals surface area contributed by atoms with Crippen LogP contribution in [0, 0.1) is 25.2 Å². The van der Waals surface area contributed by atoms with Crippen LogP contribution in [0.2, 0.25) is 0 Å². The van der Waals surface area contributed by atoms with Crippen molar-refractivity contribution < 1.29 is 9.53 Å².